The SMILES string of the molecule is COC(=O)C(=O)c1csc(NC(C)=O)n1. The number of nitrogens with zero attached hydrogens (tertiary/aromatic N) is 1. The van der Waals surface area contributed by atoms with Crippen LogP contribution in [-0.4, -0.2) is 29.8 Å². The van der Waals surface area contributed by atoms with Gasteiger partial charge in [0.1, 0.15) is 5.69 Å². The normalized spacial score (nSPS) is 9.47. The van der Waals surface area contributed by atoms with E-state index in [0.717, 1.165) is 18.4 Å². The molecule has 0 aliphatic rings. The van der Waals surface area contributed by atoms with Gasteiger partial charge in [-0.15, -0.1) is 11.3 Å². The van der Waals surface area contributed by atoms with Gasteiger partial charge in [-0.2, -0.15) is 0 Å². The number of thiazole rings is 1. The van der Waals surface area contributed by atoms with Crippen LogP contribution in [-0.2, 0) is 14.3 Å². The van der Waals surface area contributed by atoms with Crippen molar-refractivity contribution < 1.29 is 19.1 Å². The van der Waals surface area contributed by atoms with Crippen LogP contribution in [0.25, 0.3) is 0 Å². The fourth-order valence-electron chi connectivity index (χ4n) is 0.783. The molecule has 1 aromatic heterocycles. The quantitative estimate of drug-likeness (QED) is 0.461. The number of anilines is 1. The first kappa shape index (κ1) is 11.3. The Morgan fingerprint density at radius 1 is 1.47 bits per heavy atom. The van der Waals surface area contributed by atoms with Crippen molar-refractivity contribution in [2.75, 3.05) is 12.4 Å². The Balaban J connectivity index is 2.80. The molecule has 0 spiro atoms. The van der Waals surface area contributed by atoms with Gasteiger partial charge in [0.05, 0.1) is 7.11 Å². The number of rotatable bonds is 3. The fraction of sp³-hybridized carbons (Fsp3) is 0.250. The minimum Gasteiger partial charge on any atom is -0.463 e. The highest BCUT2D eigenvalue weighted by Crippen LogP contribution is 2.15. The Kier molecular flexibility index (Phi) is 3.51. The Morgan fingerprint density at radius 3 is 2.67 bits per heavy atom. The molecular formula is C8H8N2O4S. The molecule has 1 rings (SSSR count). The first-order chi connectivity index (χ1) is 7.04. The fourth-order valence-corrected chi connectivity index (χ4v) is 1.52. The molecule has 0 aromatic carbocycles. The lowest BCUT2D eigenvalue weighted by molar-refractivity contribution is -0.135. The second kappa shape index (κ2) is 4.65. The number of amides is 1. The van der Waals surface area contributed by atoms with Gasteiger partial charge in [0.2, 0.25) is 5.91 Å². The van der Waals surface area contributed by atoms with E-state index >= 15 is 0 Å². The lowest BCUT2D eigenvalue weighted by Crippen LogP contribution is -2.16. The number of ether oxygens (including phenoxy) is 1. The highest BCUT2D eigenvalue weighted by atomic mass is 32.1. The van der Waals surface area contributed by atoms with Crippen LogP contribution in [0.15, 0.2) is 5.38 Å². The minimum atomic E-state index is -0.977. The minimum absolute atomic E-state index is 0.0319. The average Bonchev–Trinajstić information content (AvgIpc) is 2.63. The van der Waals surface area contributed by atoms with Gasteiger partial charge in [0, 0.05) is 12.3 Å². The largest absolute Gasteiger partial charge is 0.463 e. The maximum absolute atomic E-state index is 11.2. The van der Waals surface area contributed by atoms with Crippen LogP contribution in [0.4, 0.5) is 5.13 Å². The number of Topliss-reactive ketones (excluding diaryl/α,β-unsaturated/α-hetero) is 1. The van der Waals surface area contributed by atoms with Gasteiger partial charge in [-0.1, -0.05) is 0 Å². The molecule has 0 radical (unpaired) electrons. The summed E-state index contributed by atoms with van der Waals surface area (Å²) in [7, 11) is 1.11. The van der Waals surface area contributed by atoms with Crippen molar-refractivity contribution in [1.82, 2.24) is 4.98 Å². The lowest BCUT2D eigenvalue weighted by Gasteiger charge is -1.94. The summed E-state index contributed by atoms with van der Waals surface area (Å²) in [6.07, 6.45) is 0. The van der Waals surface area contributed by atoms with Gasteiger partial charge in [-0.05, 0) is 0 Å². The van der Waals surface area contributed by atoms with Crippen LogP contribution in [0, 0.1) is 0 Å². The van der Waals surface area contributed by atoms with Crippen molar-refractivity contribution in [3.05, 3.63) is 11.1 Å². The zero-order valence-electron chi connectivity index (χ0n) is 8.07. The molecule has 1 heterocycles. The van der Waals surface area contributed by atoms with Gasteiger partial charge in [-0.25, -0.2) is 9.78 Å². The van der Waals surface area contributed by atoms with Crippen LogP contribution >= 0.6 is 11.3 Å². The first-order valence-electron chi connectivity index (χ1n) is 3.90. The summed E-state index contributed by atoms with van der Waals surface area (Å²) in [4.78, 5) is 36.5. The molecule has 80 valence electrons. The lowest BCUT2D eigenvalue weighted by atomic mass is 10.3. The van der Waals surface area contributed by atoms with Gasteiger partial charge < -0.3 is 10.1 Å². The third-order valence-corrected chi connectivity index (χ3v) is 2.15. The molecule has 0 atom stereocenters. The van der Waals surface area contributed by atoms with Crippen molar-refractivity contribution in [2.45, 2.75) is 6.92 Å². The standard InChI is InChI=1S/C8H8N2O4S/c1-4(11)9-8-10-5(3-15-8)6(12)7(13)14-2/h3H,1-2H3,(H,9,10,11). The third-order valence-electron chi connectivity index (χ3n) is 1.39. The van der Waals surface area contributed by atoms with Crippen molar-refractivity contribution >= 4 is 34.1 Å². The number of carbonyl (C=O) groups excluding carboxylic acids is 3. The van der Waals surface area contributed by atoms with Gasteiger partial charge >= 0.3 is 5.97 Å². The van der Waals surface area contributed by atoms with Crippen molar-refractivity contribution in [3.63, 3.8) is 0 Å². The molecule has 0 fully saturated rings. The van der Waals surface area contributed by atoms with Crippen molar-refractivity contribution in [3.8, 4) is 0 Å². The van der Waals surface area contributed by atoms with E-state index in [9.17, 15) is 14.4 Å². The molecule has 0 saturated heterocycles. The van der Waals surface area contributed by atoms with E-state index < -0.39 is 11.8 Å². The highest BCUT2D eigenvalue weighted by Gasteiger charge is 2.19. The summed E-state index contributed by atoms with van der Waals surface area (Å²) in [6, 6.07) is 0. The molecule has 6 nitrogen and oxygen atoms in total. The average molecular weight is 228 g/mol. The molecule has 1 N–H and O–H groups in total. The van der Waals surface area contributed by atoms with Crippen LogP contribution in [0.1, 0.15) is 17.4 Å². The van der Waals surface area contributed by atoms with Crippen LogP contribution in [0.2, 0.25) is 0 Å². The predicted molar refractivity (Wildman–Crippen MR) is 52.8 cm³/mol. The van der Waals surface area contributed by atoms with Gasteiger partial charge in [0.25, 0.3) is 5.78 Å². The molecule has 15 heavy (non-hydrogen) atoms. The summed E-state index contributed by atoms with van der Waals surface area (Å²) >= 11 is 1.06. The second-order valence-electron chi connectivity index (χ2n) is 2.54. The van der Waals surface area contributed by atoms with Crippen LogP contribution in [0.5, 0.6) is 0 Å². The third kappa shape index (κ3) is 2.84. The molecule has 1 amide bonds. The number of carbonyl (C=O) groups is 3. The topological polar surface area (TPSA) is 85.4 Å². The molecule has 1 aromatic rings. The smallest absolute Gasteiger partial charge is 0.381 e. The van der Waals surface area contributed by atoms with Crippen LogP contribution in [0.3, 0.4) is 0 Å². The van der Waals surface area contributed by atoms with E-state index in [1.807, 2.05) is 0 Å². The first-order valence-corrected chi connectivity index (χ1v) is 4.78. The van der Waals surface area contributed by atoms with Crippen molar-refractivity contribution in [1.29, 1.82) is 0 Å². The highest BCUT2D eigenvalue weighted by molar-refractivity contribution is 7.14. The van der Waals surface area contributed by atoms with Crippen LogP contribution < -0.4 is 5.32 Å². The van der Waals surface area contributed by atoms with E-state index in [4.69, 9.17) is 0 Å². The molecule has 0 unspecified atom stereocenters. The second-order valence-corrected chi connectivity index (χ2v) is 3.40. The van der Waals surface area contributed by atoms with E-state index in [0.29, 0.717) is 0 Å². The Labute approximate surface area is 89.3 Å². The monoisotopic (exact) mass is 228 g/mol. The van der Waals surface area contributed by atoms with Gasteiger partial charge in [-0.3, -0.25) is 9.59 Å². The number of nitrogens with one attached hydrogen (secondary N) is 1. The molecule has 0 saturated carbocycles. The Morgan fingerprint density at radius 2 is 2.13 bits per heavy atom. The zero-order chi connectivity index (χ0) is 11.4. The molecule has 0 aliphatic carbocycles. The number of ketones is 1. The van der Waals surface area contributed by atoms with Gasteiger partial charge in [0.15, 0.2) is 5.13 Å². The number of hydrogen-bond acceptors (Lipinski definition) is 6. The summed E-state index contributed by atoms with van der Waals surface area (Å²) in [5, 5.41) is 4.05. The summed E-state index contributed by atoms with van der Waals surface area (Å²) < 4.78 is 4.25. The number of hydrogen-bond donors (Lipinski definition) is 1. The van der Waals surface area contributed by atoms with E-state index in [1.165, 1.54) is 12.3 Å². The molecule has 0 aliphatic heterocycles. The number of methoxy groups -OCH3 is 1. The maximum atomic E-state index is 11.2. The molecule has 0 bridgehead atoms. The number of esters is 1. The van der Waals surface area contributed by atoms with Crippen molar-refractivity contribution in [2.24, 2.45) is 0 Å². The Hall–Kier alpha value is -1.76. The molecule has 7 heteroatoms. The zero-order valence-corrected chi connectivity index (χ0v) is 8.88. The van der Waals surface area contributed by atoms with E-state index in [-0.39, 0.29) is 16.7 Å². The van der Waals surface area contributed by atoms with E-state index in [2.05, 4.69) is 15.0 Å². The summed E-state index contributed by atoms with van der Waals surface area (Å²) in [5.41, 5.74) is -0.0319. The van der Waals surface area contributed by atoms with E-state index in [1.54, 1.807) is 0 Å². The maximum Gasteiger partial charge on any atom is 0.381 e. The number of aromatic nitrogens is 1. The summed E-state index contributed by atoms with van der Waals surface area (Å²) in [5.74, 6) is -2.10. The summed E-state index contributed by atoms with van der Waals surface area (Å²) in [6.45, 7) is 1.32. The predicted octanol–water partition coefficient (Wildman–Crippen LogP) is 0.457. The molecular weight excluding hydrogens is 220 g/mol. The Bertz CT molecular complexity index is 413.